The van der Waals surface area contributed by atoms with Crippen LogP contribution >= 0.6 is 0 Å². The van der Waals surface area contributed by atoms with E-state index in [2.05, 4.69) is 0 Å². The Bertz CT molecular complexity index is 185. The van der Waals surface area contributed by atoms with Crippen molar-refractivity contribution in [2.45, 2.75) is 27.7 Å². The van der Waals surface area contributed by atoms with Gasteiger partial charge in [-0.2, -0.15) is 0 Å². The van der Waals surface area contributed by atoms with E-state index >= 15 is 0 Å². The van der Waals surface area contributed by atoms with Gasteiger partial charge in [-0.25, -0.2) is 0 Å². The number of rotatable bonds is 4. The number of allylic oxidation sites excluding steroid dienone is 1. The zero-order chi connectivity index (χ0) is 9.72. The molecule has 0 radical (unpaired) electrons. The maximum Gasteiger partial charge on any atom is 0.210 e. The summed E-state index contributed by atoms with van der Waals surface area (Å²) in [6, 6.07) is 0. The second-order valence-electron chi connectivity index (χ2n) is 3.40. The highest BCUT2D eigenvalue weighted by molar-refractivity contribution is 5.02. The van der Waals surface area contributed by atoms with Gasteiger partial charge in [0, 0.05) is 10.8 Å². The van der Waals surface area contributed by atoms with Crippen molar-refractivity contribution in [1.82, 2.24) is 0 Å². The Morgan fingerprint density at radius 2 is 2.08 bits per heavy atom. The molecule has 0 aromatic heterocycles. The van der Waals surface area contributed by atoms with Gasteiger partial charge in [0.1, 0.15) is 0 Å². The van der Waals surface area contributed by atoms with Crippen LogP contribution in [0.1, 0.15) is 27.7 Å². The molecule has 0 aliphatic heterocycles. The second kappa shape index (κ2) is 4.91. The fourth-order valence-electron chi connectivity index (χ4n) is 1.26. The molecule has 0 aromatic carbocycles. The third-order valence-electron chi connectivity index (χ3n) is 2.19. The molecule has 0 bridgehead atoms. The van der Waals surface area contributed by atoms with Gasteiger partial charge in [0.25, 0.3) is 0 Å². The Morgan fingerprint density at radius 3 is 2.33 bits per heavy atom. The van der Waals surface area contributed by atoms with Gasteiger partial charge in [-0.3, -0.25) is 10.1 Å². The van der Waals surface area contributed by atoms with Gasteiger partial charge in [0.05, 0.1) is 0 Å². The molecule has 0 rings (SSSR count). The van der Waals surface area contributed by atoms with Crippen molar-refractivity contribution in [3.05, 3.63) is 21.8 Å². The van der Waals surface area contributed by atoms with E-state index in [1.54, 1.807) is 0 Å². The maximum atomic E-state index is 10.3. The molecule has 70 valence electrons. The fraction of sp³-hybridized carbons (Fsp3) is 0.778. The molecule has 3 nitrogen and oxygen atoms in total. The average molecular weight is 171 g/mol. The summed E-state index contributed by atoms with van der Waals surface area (Å²) in [5, 5.41) is 10.3. The van der Waals surface area contributed by atoms with Crippen LogP contribution in [-0.2, 0) is 0 Å². The summed E-state index contributed by atoms with van der Waals surface area (Å²) in [5.41, 5.74) is 1.11. The third kappa shape index (κ3) is 3.51. The first-order valence-corrected chi connectivity index (χ1v) is 4.23. The van der Waals surface area contributed by atoms with Gasteiger partial charge in [0.15, 0.2) is 0 Å². The zero-order valence-electron chi connectivity index (χ0n) is 8.20. The summed E-state index contributed by atoms with van der Waals surface area (Å²) < 4.78 is 0. The van der Waals surface area contributed by atoms with Gasteiger partial charge in [-0.15, -0.1) is 0 Å². The van der Waals surface area contributed by atoms with E-state index in [1.165, 1.54) is 0 Å². The molecule has 0 heterocycles. The van der Waals surface area contributed by atoms with E-state index in [0.717, 1.165) is 5.57 Å². The predicted octanol–water partition coefficient (Wildman–Crippen LogP) is 2.50. The van der Waals surface area contributed by atoms with Crippen LogP contribution in [0.15, 0.2) is 11.6 Å². The number of hydrogen-bond acceptors (Lipinski definition) is 2. The summed E-state index contributed by atoms with van der Waals surface area (Å²) in [6.45, 7) is 7.95. The van der Waals surface area contributed by atoms with Gasteiger partial charge >= 0.3 is 0 Å². The largest absolute Gasteiger partial charge is 0.265 e. The molecular weight excluding hydrogens is 154 g/mol. The predicted molar refractivity (Wildman–Crippen MR) is 49.6 cm³/mol. The third-order valence-corrected chi connectivity index (χ3v) is 2.19. The molecule has 0 spiro atoms. The monoisotopic (exact) mass is 171 g/mol. The van der Waals surface area contributed by atoms with Gasteiger partial charge < -0.3 is 0 Å². The lowest BCUT2D eigenvalue weighted by Crippen LogP contribution is -2.20. The van der Waals surface area contributed by atoms with Gasteiger partial charge in [-0.05, 0) is 19.8 Å². The van der Waals surface area contributed by atoms with Crippen LogP contribution in [0.2, 0.25) is 0 Å². The van der Waals surface area contributed by atoms with Crippen molar-refractivity contribution < 1.29 is 4.92 Å². The van der Waals surface area contributed by atoms with Crippen molar-refractivity contribution in [2.24, 2.45) is 11.8 Å². The smallest absolute Gasteiger partial charge is 0.210 e. The van der Waals surface area contributed by atoms with Crippen LogP contribution in [0, 0.1) is 22.0 Å². The Labute approximate surface area is 73.6 Å². The molecule has 0 amide bonds. The van der Waals surface area contributed by atoms with Crippen LogP contribution < -0.4 is 0 Å². The minimum atomic E-state index is -0.238. The fourth-order valence-corrected chi connectivity index (χ4v) is 1.26. The number of nitrogens with zero attached hydrogens (tertiary/aromatic N) is 1. The Balaban J connectivity index is 4.34. The molecule has 0 aliphatic carbocycles. The Morgan fingerprint density at radius 1 is 1.58 bits per heavy atom. The van der Waals surface area contributed by atoms with Crippen LogP contribution in [0.5, 0.6) is 0 Å². The van der Waals surface area contributed by atoms with Crippen LogP contribution in [-0.4, -0.2) is 11.5 Å². The lowest BCUT2D eigenvalue weighted by atomic mass is 9.89. The van der Waals surface area contributed by atoms with Crippen molar-refractivity contribution in [3.63, 3.8) is 0 Å². The van der Waals surface area contributed by atoms with E-state index < -0.39 is 0 Å². The first kappa shape index (κ1) is 11.1. The molecule has 12 heavy (non-hydrogen) atoms. The van der Waals surface area contributed by atoms with Gasteiger partial charge in [-0.1, -0.05) is 25.5 Å². The summed E-state index contributed by atoms with van der Waals surface area (Å²) >= 11 is 0. The normalized spacial score (nSPS) is 14.9. The van der Waals surface area contributed by atoms with Crippen molar-refractivity contribution >= 4 is 0 Å². The first-order chi connectivity index (χ1) is 5.49. The first-order valence-electron chi connectivity index (χ1n) is 4.23. The summed E-state index contributed by atoms with van der Waals surface area (Å²) in [6.07, 6.45) is 1.95. The van der Waals surface area contributed by atoms with Gasteiger partial charge in [0.2, 0.25) is 6.54 Å². The molecule has 0 saturated carbocycles. The molecular formula is C9H17NO2. The highest BCUT2D eigenvalue weighted by Gasteiger charge is 2.20. The molecule has 1 atom stereocenters. The molecule has 0 aromatic rings. The average Bonchev–Trinajstić information content (AvgIpc) is 1.98. The summed E-state index contributed by atoms with van der Waals surface area (Å²) in [4.78, 5) is 10.1. The number of hydrogen-bond donors (Lipinski definition) is 0. The zero-order valence-corrected chi connectivity index (χ0v) is 8.20. The van der Waals surface area contributed by atoms with Crippen LogP contribution in [0.3, 0.4) is 0 Å². The highest BCUT2D eigenvalue weighted by Crippen LogP contribution is 2.19. The van der Waals surface area contributed by atoms with Crippen molar-refractivity contribution in [3.8, 4) is 0 Å². The van der Waals surface area contributed by atoms with Crippen molar-refractivity contribution in [2.75, 3.05) is 6.54 Å². The molecule has 0 aliphatic rings. The minimum Gasteiger partial charge on any atom is -0.265 e. The van der Waals surface area contributed by atoms with E-state index in [1.807, 2.05) is 33.8 Å². The Hall–Kier alpha value is -0.860. The topological polar surface area (TPSA) is 43.1 Å². The molecule has 0 N–H and O–H groups in total. The molecule has 0 unspecified atom stereocenters. The Kier molecular flexibility index (Phi) is 4.55. The SMILES string of the molecule is CC=C(C)[C@H](C[N+](=O)[O-])C(C)C. The maximum absolute atomic E-state index is 10.3. The number of nitro groups is 1. The molecule has 3 heteroatoms. The summed E-state index contributed by atoms with van der Waals surface area (Å²) in [7, 11) is 0. The van der Waals surface area contributed by atoms with Crippen LogP contribution in [0.4, 0.5) is 0 Å². The van der Waals surface area contributed by atoms with Crippen LogP contribution in [0.25, 0.3) is 0 Å². The van der Waals surface area contributed by atoms with E-state index in [-0.39, 0.29) is 17.4 Å². The lowest BCUT2D eigenvalue weighted by molar-refractivity contribution is -0.487. The second-order valence-corrected chi connectivity index (χ2v) is 3.40. The van der Waals surface area contributed by atoms with E-state index in [0.29, 0.717) is 5.92 Å². The quantitative estimate of drug-likeness (QED) is 0.370. The minimum absolute atomic E-state index is 0.0494. The summed E-state index contributed by atoms with van der Waals surface area (Å²) in [5.74, 6) is 0.427. The lowest BCUT2D eigenvalue weighted by Gasteiger charge is -2.16. The van der Waals surface area contributed by atoms with E-state index in [4.69, 9.17) is 0 Å². The highest BCUT2D eigenvalue weighted by atomic mass is 16.6. The molecule has 0 saturated heterocycles. The van der Waals surface area contributed by atoms with E-state index in [9.17, 15) is 10.1 Å². The standard InChI is InChI=1S/C9H17NO2/c1-5-8(4)9(7(2)3)6-10(11)12/h5,7,9H,6H2,1-4H3/t9-/m1/s1. The van der Waals surface area contributed by atoms with Crippen molar-refractivity contribution in [1.29, 1.82) is 0 Å². The molecule has 0 fully saturated rings.